The minimum Gasteiger partial charge on any atom is -0.374 e. The summed E-state index contributed by atoms with van der Waals surface area (Å²) in [7, 11) is 1.86. The molecule has 0 fully saturated rings. The van der Waals surface area contributed by atoms with Gasteiger partial charge >= 0.3 is 0 Å². The molecule has 0 aliphatic heterocycles. The van der Waals surface area contributed by atoms with Gasteiger partial charge in [-0.15, -0.1) is 0 Å². The third-order valence-electron chi connectivity index (χ3n) is 4.16. The molecular weight excluding hydrogens is 385 g/mol. The third kappa shape index (κ3) is 4.61. The second-order valence-electron chi connectivity index (χ2n) is 7.11. The lowest BCUT2D eigenvalue weighted by Gasteiger charge is -2.26. The van der Waals surface area contributed by atoms with Crippen LogP contribution in [0.1, 0.15) is 29.8 Å². The van der Waals surface area contributed by atoms with Gasteiger partial charge in [-0.05, 0) is 31.5 Å². The Balaban J connectivity index is 1.63. The van der Waals surface area contributed by atoms with Crippen LogP contribution in [0.25, 0.3) is 11.0 Å². The fourth-order valence-corrected chi connectivity index (χ4v) is 3.26. The molecule has 1 amide bonds. The van der Waals surface area contributed by atoms with Crippen LogP contribution in [0.3, 0.4) is 0 Å². The molecule has 0 spiro atoms. The summed E-state index contributed by atoms with van der Waals surface area (Å²) in [5.41, 5.74) is 1.54. The lowest BCUT2D eigenvalue weighted by molar-refractivity contribution is 0.0617. The number of aromatic nitrogens is 2. The van der Waals surface area contributed by atoms with Crippen LogP contribution in [-0.2, 0) is 18.4 Å². The molecule has 0 aliphatic carbocycles. The summed E-state index contributed by atoms with van der Waals surface area (Å²) >= 11 is 12.3. The first-order valence-electron chi connectivity index (χ1n) is 8.51. The van der Waals surface area contributed by atoms with Gasteiger partial charge in [0.2, 0.25) is 0 Å². The van der Waals surface area contributed by atoms with Crippen molar-refractivity contribution in [2.75, 3.05) is 6.61 Å². The second-order valence-corrected chi connectivity index (χ2v) is 7.92. The maximum absolute atomic E-state index is 12.6. The third-order valence-corrected chi connectivity index (χ3v) is 4.83. The fourth-order valence-electron chi connectivity index (χ4n) is 2.79. The van der Waals surface area contributed by atoms with Gasteiger partial charge in [0.1, 0.15) is 5.65 Å². The van der Waals surface area contributed by atoms with Crippen molar-refractivity contribution in [3.63, 3.8) is 0 Å². The summed E-state index contributed by atoms with van der Waals surface area (Å²) in [6, 6.07) is 9.28. The molecule has 0 atom stereocenters. The largest absolute Gasteiger partial charge is 0.374 e. The first-order valence-corrected chi connectivity index (χ1v) is 9.27. The molecule has 27 heavy (non-hydrogen) atoms. The Bertz CT molecular complexity index is 983. The molecule has 0 saturated heterocycles. The zero-order valence-corrected chi connectivity index (χ0v) is 16.9. The van der Waals surface area contributed by atoms with E-state index in [-0.39, 0.29) is 5.91 Å². The van der Waals surface area contributed by atoms with E-state index in [1.165, 1.54) is 0 Å². The van der Waals surface area contributed by atoms with E-state index in [1.54, 1.807) is 18.5 Å². The van der Waals surface area contributed by atoms with Crippen molar-refractivity contribution in [3.05, 3.63) is 63.9 Å². The Hall–Kier alpha value is -2.08. The molecule has 0 saturated carbocycles. The van der Waals surface area contributed by atoms with E-state index in [0.717, 1.165) is 16.6 Å². The standard InChI is InChI=1S/C20H21Cl2N3O2/c1-20(2,12-27-11-13-6-4-5-7-16(13)21)24-19(26)14-8-15-17(22)10-25(3)18(15)23-9-14/h4-10H,11-12H2,1-3H3,(H,24,26). The number of amides is 1. The number of fused-ring (bicyclic) bond motifs is 1. The van der Waals surface area contributed by atoms with Gasteiger partial charge < -0.3 is 14.6 Å². The maximum Gasteiger partial charge on any atom is 0.253 e. The quantitative estimate of drug-likeness (QED) is 0.651. The zero-order chi connectivity index (χ0) is 19.6. The van der Waals surface area contributed by atoms with Crippen LogP contribution in [0, 0.1) is 0 Å². The monoisotopic (exact) mass is 405 g/mol. The highest BCUT2D eigenvalue weighted by molar-refractivity contribution is 6.35. The summed E-state index contributed by atoms with van der Waals surface area (Å²) in [4.78, 5) is 17.0. The lowest BCUT2D eigenvalue weighted by Crippen LogP contribution is -2.47. The van der Waals surface area contributed by atoms with Gasteiger partial charge in [0.15, 0.2) is 0 Å². The average Bonchev–Trinajstić information content (AvgIpc) is 2.90. The molecule has 0 unspecified atom stereocenters. The SMILES string of the molecule is Cn1cc(Cl)c2cc(C(=O)NC(C)(C)COCc3ccccc3Cl)cnc21. The molecule has 5 nitrogen and oxygen atoms in total. The van der Waals surface area contributed by atoms with Crippen molar-refractivity contribution in [1.29, 1.82) is 0 Å². The van der Waals surface area contributed by atoms with Crippen LogP contribution < -0.4 is 5.32 Å². The number of hydrogen-bond acceptors (Lipinski definition) is 3. The van der Waals surface area contributed by atoms with Gasteiger partial charge in [0, 0.05) is 29.9 Å². The number of carbonyl (C=O) groups excluding carboxylic acids is 1. The Kier molecular flexibility index (Phi) is 5.75. The highest BCUT2D eigenvalue weighted by Gasteiger charge is 2.22. The van der Waals surface area contributed by atoms with E-state index in [4.69, 9.17) is 27.9 Å². The van der Waals surface area contributed by atoms with Gasteiger partial charge in [0.05, 0.1) is 29.3 Å². The Morgan fingerprint density at radius 2 is 2.00 bits per heavy atom. The van der Waals surface area contributed by atoms with Gasteiger partial charge in [0.25, 0.3) is 5.91 Å². The number of rotatable bonds is 6. The van der Waals surface area contributed by atoms with Crippen LogP contribution in [0.5, 0.6) is 0 Å². The molecule has 3 rings (SSSR count). The molecular formula is C20H21Cl2N3O2. The molecule has 0 bridgehead atoms. The number of carbonyl (C=O) groups is 1. The average molecular weight is 406 g/mol. The van der Waals surface area contributed by atoms with Crippen molar-refractivity contribution in [1.82, 2.24) is 14.9 Å². The smallest absolute Gasteiger partial charge is 0.253 e. The van der Waals surface area contributed by atoms with Crippen molar-refractivity contribution in [2.24, 2.45) is 7.05 Å². The van der Waals surface area contributed by atoms with Crippen molar-refractivity contribution >= 4 is 40.1 Å². The van der Waals surface area contributed by atoms with Gasteiger partial charge in [-0.2, -0.15) is 0 Å². The number of aryl methyl sites for hydroxylation is 1. The number of hydrogen-bond donors (Lipinski definition) is 1. The van der Waals surface area contributed by atoms with Crippen molar-refractivity contribution < 1.29 is 9.53 Å². The molecule has 142 valence electrons. The topological polar surface area (TPSA) is 56.2 Å². The Labute approximate surface area is 168 Å². The second kappa shape index (κ2) is 7.89. The van der Waals surface area contributed by atoms with Crippen LogP contribution in [0.2, 0.25) is 10.0 Å². The highest BCUT2D eigenvalue weighted by Crippen LogP contribution is 2.24. The molecule has 1 aromatic carbocycles. The van der Waals surface area contributed by atoms with Crippen LogP contribution in [0.15, 0.2) is 42.7 Å². The first-order chi connectivity index (χ1) is 12.8. The fraction of sp³-hybridized carbons (Fsp3) is 0.300. The van der Waals surface area contributed by atoms with Crippen LogP contribution in [0.4, 0.5) is 0 Å². The minimum absolute atomic E-state index is 0.226. The minimum atomic E-state index is -0.562. The number of ether oxygens (including phenoxy) is 1. The predicted molar refractivity (Wildman–Crippen MR) is 108 cm³/mol. The maximum atomic E-state index is 12.6. The molecule has 3 aromatic rings. The van der Waals surface area contributed by atoms with Gasteiger partial charge in [-0.25, -0.2) is 4.98 Å². The zero-order valence-electron chi connectivity index (χ0n) is 15.4. The highest BCUT2D eigenvalue weighted by atomic mass is 35.5. The number of nitrogens with zero attached hydrogens (tertiary/aromatic N) is 2. The molecule has 2 heterocycles. The normalized spacial score (nSPS) is 11.7. The Morgan fingerprint density at radius 1 is 1.26 bits per heavy atom. The predicted octanol–water partition coefficient (Wildman–Crippen LogP) is 4.61. The number of pyridine rings is 1. The van der Waals surface area contributed by atoms with E-state index < -0.39 is 5.54 Å². The number of nitrogens with one attached hydrogen (secondary N) is 1. The van der Waals surface area contributed by atoms with Gasteiger partial charge in [-0.1, -0.05) is 41.4 Å². The van der Waals surface area contributed by atoms with E-state index in [9.17, 15) is 4.79 Å². The molecule has 1 N–H and O–H groups in total. The van der Waals surface area contributed by atoms with Crippen LogP contribution >= 0.6 is 23.2 Å². The van der Waals surface area contributed by atoms with Gasteiger partial charge in [-0.3, -0.25) is 4.79 Å². The molecule has 2 aromatic heterocycles. The summed E-state index contributed by atoms with van der Waals surface area (Å²) in [5.74, 6) is -0.226. The summed E-state index contributed by atoms with van der Waals surface area (Å²) in [6.45, 7) is 4.52. The summed E-state index contributed by atoms with van der Waals surface area (Å²) < 4.78 is 7.58. The van der Waals surface area contributed by atoms with E-state index in [1.807, 2.05) is 49.7 Å². The number of halogens is 2. The van der Waals surface area contributed by atoms with E-state index in [0.29, 0.717) is 28.8 Å². The Morgan fingerprint density at radius 3 is 2.74 bits per heavy atom. The summed E-state index contributed by atoms with van der Waals surface area (Å²) in [5, 5.41) is 4.96. The van der Waals surface area contributed by atoms with E-state index >= 15 is 0 Å². The first kappa shape index (κ1) is 19.7. The van der Waals surface area contributed by atoms with Crippen molar-refractivity contribution in [3.8, 4) is 0 Å². The molecule has 7 heteroatoms. The van der Waals surface area contributed by atoms with Crippen LogP contribution in [-0.4, -0.2) is 27.6 Å². The molecule has 0 radical (unpaired) electrons. The van der Waals surface area contributed by atoms with Crippen molar-refractivity contribution in [2.45, 2.75) is 26.0 Å². The van der Waals surface area contributed by atoms with E-state index in [2.05, 4.69) is 10.3 Å². The lowest BCUT2D eigenvalue weighted by atomic mass is 10.1. The molecule has 0 aliphatic rings. The summed E-state index contributed by atoms with van der Waals surface area (Å²) in [6.07, 6.45) is 3.32. The number of benzene rings is 1.